The molecule has 9 heteroatoms. The summed E-state index contributed by atoms with van der Waals surface area (Å²) in [6.45, 7) is 6.43. The molecule has 2 aliphatic rings. The molecule has 1 heterocycles. The maximum absolute atomic E-state index is 13.1. The number of carbonyl (C=O) groups is 4. The Balaban J connectivity index is 1.68. The van der Waals surface area contributed by atoms with Crippen molar-refractivity contribution in [2.24, 2.45) is 17.8 Å². The molecule has 0 bridgehead atoms. The minimum Gasteiger partial charge on any atom is -0.493 e. The third-order valence-electron chi connectivity index (χ3n) is 6.33. The van der Waals surface area contributed by atoms with Crippen LogP contribution < -0.4 is 20.3 Å². The molecule has 1 aliphatic heterocycles. The van der Waals surface area contributed by atoms with Gasteiger partial charge in [0.25, 0.3) is 11.8 Å². The molecule has 1 saturated heterocycles. The van der Waals surface area contributed by atoms with Crippen LogP contribution >= 0.6 is 0 Å². The van der Waals surface area contributed by atoms with Gasteiger partial charge in [-0.05, 0) is 49.8 Å². The van der Waals surface area contributed by atoms with Gasteiger partial charge in [-0.3, -0.25) is 34.9 Å². The number of imide groups is 1. The molecular weight excluding hydrogens is 450 g/mol. The second-order valence-corrected chi connectivity index (χ2v) is 9.36. The van der Waals surface area contributed by atoms with Gasteiger partial charge in [-0.25, -0.2) is 0 Å². The molecule has 0 spiro atoms. The highest BCUT2D eigenvalue weighted by molar-refractivity contribution is 6.08. The van der Waals surface area contributed by atoms with Crippen molar-refractivity contribution in [3.63, 3.8) is 0 Å². The van der Waals surface area contributed by atoms with Crippen molar-refractivity contribution >= 4 is 23.6 Å². The van der Waals surface area contributed by atoms with Gasteiger partial charge in [-0.2, -0.15) is 0 Å². The summed E-state index contributed by atoms with van der Waals surface area (Å²) in [4.78, 5) is 52.9. The predicted molar refractivity (Wildman–Crippen MR) is 129 cm³/mol. The summed E-state index contributed by atoms with van der Waals surface area (Å²) in [6, 6.07) is 3.75. The first kappa shape index (κ1) is 26.2. The Morgan fingerprint density at radius 3 is 2.29 bits per heavy atom. The number of nitrogens with zero attached hydrogens (tertiary/aromatic N) is 1. The highest BCUT2D eigenvalue weighted by Gasteiger charge is 2.51. The van der Waals surface area contributed by atoms with Gasteiger partial charge < -0.3 is 9.47 Å². The zero-order chi connectivity index (χ0) is 25.5. The lowest BCUT2D eigenvalue weighted by Crippen LogP contribution is -2.54. The monoisotopic (exact) mass is 485 g/mol. The largest absolute Gasteiger partial charge is 0.493 e. The van der Waals surface area contributed by atoms with Gasteiger partial charge in [0.2, 0.25) is 11.8 Å². The number of hydrazine groups is 1. The number of rotatable bonds is 10. The normalized spacial score (nSPS) is 20.0. The second-order valence-electron chi connectivity index (χ2n) is 9.36. The number of hydrogen-bond donors (Lipinski definition) is 2. The van der Waals surface area contributed by atoms with Gasteiger partial charge in [0, 0.05) is 5.56 Å². The van der Waals surface area contributed by atoms with Crippen LogP contribution in [0.25, 0.3) is 0 Å². The van der Waals surface area contributed by atoms with E-state index in [1.165, 1.54) is 13.2 Å². The Kier molecular flexibility index (Phi) is 8.89. The number of likely N-dealkylation sites (tertiary alicyclic amines) is 1. The van der Waals surface area contributed by atoms with Crippen molar-refractivity contribution in [1.82, 2.24) is 15.8 Å². The summed E-state index contributed by atoms with van der Waals surface area (Å²) in [5, 5.41) is 0. The van der Waals surface area contributed by atoms with Gasteiger partial charge in [0.1, 0.15) is 6.04 Å². The number of benzene rings is 1. The Hall–Kier alpha value is -3.36. The molecule has 0 radical (unpaired) electrons. The number of amides is 4. The van der Waals surface area contributed by atoms with Crippen LogP contribution in [-0.4, -0.2) is 48.3 Å². The van der Waals surface area contributed by atoms with Crippen molar-refractivity contribution in [3.05, 3.63) is 35.9 Å². The smallest absolute Gasteiger partial charge is 0.269 e. The quantitative estimate of drug-likeness (QED) is 0.228. The molecule has 3 atom stereocenters. The molecule has 1 aromatic carbocycles. The summed E-state index contributed by atoms with van der Waals surface area (Å²) in [6.07, 6.45) is 6.99. The van der Waals surface area contributed by atoms with E-state index in [0.717, 1.165) is 17.7 Å². The van der Waals surface area contributed by atoms with Gasteiger partial charge in [-0.1, -0.05) is 39.3 Å². The topological polar surface area (TPSA) is 114 Å². The summed E-state index contributed by atoms with van der Waals surface area (Å²) < 4.78 is 11.0. The molecule has 190 valence electrons. The maximum Gasteiger partial charge on any atom is 0.269 e. The molecular formula is C26H35N3O6. The number of methoxy groups -OCH3 is 1. The molecule has 2 N–H and O–H groups in total. The molecule has 0 aromatic heterocycles. The van der Waals surface area contributed by atoms with E-state index in [1.807, 2.05) is 26.0 Å². The van der Waals surface area contributed by atoms with E-state index in [-0.39, 0.29) is 23.3 Å². The number of ether oxygens (including phenoxy) is 2. The predicted octanol–water partition coefficient (Wildman–Crippen LogP) is 3.00. The maximum atomic E-state index is 13.1. The van der Waals surface area contributed by atoms with Crippen LogP contribution in [0, 0.1) is 17.8 Å². The number of carbonyl (C=O) groups excluding carboxylic acids is 4. The second kappa shape index (κ2) is 11.9. The summed E-state index contributed by atoms with van der Waals surface area (Å²) in [7, 11) is 1.49. The lowest BCUT2D eigenvalue weighted by molar-refractivity contribution is -0.148. The fourth-order valence-corrected chi connectivity index (χ4v) is 4.44. The van der Waals surface area contributed by atoms with E-state index < -0.39 is 29.7 Å². The van der Waals surface area contributed by atoms with E-state index in [0.29, 0.717) is 37.4 Å². The van der Waals surface area contributed by atoms with E-state index in [9.17, 15) is 19.2 Å². The van der Waals surface area contributed by atoms with Crippen molar-refractivity contribution in [2.75, 3.05) is 13.7 Å². The molecule has 3 unspecified atom stereocenters. The van der Waals surface area contributed by atoms with Crippen LogP contribution in [0.15, 0.2) is 30.4 Å². The van der Waals surface area contributed by atoms with Crippen LogP contribution in [0.3, 0.4) is 0 Å². The van der Waals surface area contributed by atoms with Crippen LogP contribution in [-0.2, 0) is 14.4 Å². The van der Waals surface area contributed by atoms with Crippen LogP contribution in [0.1, 0.15) is 63.2 Å². The van der Waals surface area contributed by atoms with E-state index in [4.69, 9.17) is 9.47 Å². The minimum absolute atomic E-state index is 0.0484. The zero-order valence-corrected chi connectivity index (χ0v) is 20.8. The minimum atomic E-state index is -0.996. The van der Waals surface area contributed by atoms with Crippen molar-refractivity contribution in [3.8, 4) is 11.5 Å². The van der Waals surface area contributed by atoms with Crippen molar-refractivity contribution < 1.29 is 28.7 Å². The molecule has 1 aliphatic carbocycles. The first-order chi connectivity index (χ1) is 16.8. The number of fused-ring (bicyclic) bond motifs is 1. The van der Waals surface area contributed by atoms with Gasteiger partial charge in [-0.15, -0.1) is 0 Å². The van der Waals surface area contributed by atoms with Crippen LogP contribution in [0.2, 0.25) is 0 Å². The Bertz CT molecular complexity index is 963. The van der Waals surface area contributed by atoms with Gasteiger partial charge in [0.05, 0.1) is 25.6 Å². The number of allylic oxidation sites excluding steroid dienone is 2. The molecule has 1 aromatic rings. The third kappa shape index (κ3) is 6.01. The molecule has 9 nitrogen and oxygen atoms in total. The summed E-state index contributed by atoms with van der Waals surface area (Å²) >= 11 is 0. The number of nitrogens with one attached hydrogen (secondary N) is 2. The fraction of sp³-hybridized carbons (Fsp3) is 0.538. The summed E-state index contributed by atoms with van der Waals surface area (Å²) in [5.41, 5.74) is 5.06. The third-order valence-corrected chi connectivity index (χ3v) is 6.33. The Morgan fingerprint density at radius 2 is 1.71 bits per heavy atom. The van der Waals surface area contributed by atoms with Crippen LogP contribution in [0.4, 0.5) is 0 Å². The highest BCUT2D eigenvalue weighted by atomic mass is 16.5. The molecule has 3 rings (SSSR count). The number of hydrogen-bond acceptors (Lipinski definition) is 6. The van der Waals surface area contributed by atoms with Gasteiger partial charge in [0.15, 0.2) is 11.5 Å². The van der Waals surface area contributed by atoms with E-state index in [1.54, 1.807) is 12.1 Å². The van der Waals surface area contributed by atoms with Crippen molar-refractivity contribution in [2.45, 2.75) is 58.9 Å². The first-order valence-corrected chi connectivity index (χ1v) is 12.2. The van der Waals surface area contributed by atoms with Crippen LogP contribution in [0.5, 0.6) is 11.5 Å². The van der Waals surface area contributed by atoms with E-state index in [2.05, 4.69) is 17.8 Å². The molecule has 35 heavy (non-hydrogen) atoms. The molecule has 0 saturated carbocycles. The molecule has 1 fully saturated rings. The number of unbranched alkanes of at least 4 members (excludes halogenated alkanes) is 1. The molecule has 4 amide bonds. The lowest BCUT2D eigenvalue weighted by Gasteiger charge is -2.27. The lowest BCUT2D eigenvalue weighted by atomic mass is 9.85. The SMILES string of the molecule is CCCCOc1ccc(C(=O)NNC(=O)C(CC(C)C)N2C(=O)C3CC=CCC3C2=O)cc1OC. The first-order valence-electron chi connectivity index (χ1n) is 12.2. The zero-order valence-electron chi connectivity index (χ0n) is 20.8. The highest BCUT2D eigenvalue weighted by Crippen LogP contribution is 2.37. The Morgan fingerprint density at radius 1 is 1.06 bits per heavy atom. The Labute approximate surface area is 206 Å². The van der Waals surface area contributed by atoms with E-state index >= 15 is 0 Å². The average Bonchev–Trinajstić information content (AvgIpc) is 3.10. The average molecular weight is 486 g/mol. The fourth-order valence-electron chi connectivity index (χ4n) is 4.44. The van der Waals surface area contributed by atoms with Crippen molar-refractivity contribution in [1.29, 1.82) is 0 Å². The standard InChI is InChI=1S/C26H35N3O6/c1-5-6-13-35-21-12-11-17(15-22(21)34-4)23(30)27-28-24(31)20(14-16(2)3)29-25(32)18-9-7-8-10-19(18)26(29)33/h7-8,11-12,15-16,18-20H,5-6,9-10,13-14H2,1-4H3,(H,27,30)(H,28,31). The summed E-state index contributed by atoms with van der Waals surface area (Å²) in [5.74, 6) is -1.66. The van der Waals surface area contributed by atoms with Gasteiger partial charge >= 0.3 is 0 Å².